The van der Waals surface area contributed by atoms with Gasteiger partial charge in [-0.1, -0.05) is 6.07 Å². The van der Waals surface area contributed by atoms with Crippen LogP contribution in [-0.2, 0) is 0 Å². The first-order valence-corrected chi connectivity index (χ1v) is 5.41. The third-order valence-corrected chi connectivity index (χ3v) is 3.06. The Morgan fingerprint density at radius 2 is 1.79 bits per heavy atom. The predicted octanol–water partition coefficient (Wildman–Crippen LogP) is 0.687. The Bertz CT molecular complexity index is 314. The summed E-state index contributed by atoms with van der Waals surface area (Å²) in [6.07, 6.45) is 0. The van der Waals surface area contributed by atoms with Crippen molar-refractivity contribution in [2.45, 2.75) is 13.8 Å². The normalized spacial score (nSPS) is 17.1. The smallest absolute Gasteiger partial charge is 0.0934 e. The van der Waals surface area contributed by atoms with E-state index < -0.39 is 0 Å². The lowest BCUT2D eigenvalue weighted by Crippen LogP contribution is -2.89. The molecular formula is C12H19N2+. The number of benzene rings is 1. The summed E-state index contributed by atoms with van der Waals surface area (Å²) in [6, 6.07) is 6.78. The highest BCUT2D eigenvalue weighted by molar-refractivity contribution is 5.50. The summed E-state index contributed by atoms with van der Waals surface area (Å²) in [5.41, 5.74) is 4.18. The van der Waals surface area contributed by atoms with E-state index in [2.05, 4.69) is 42.3 Å². The van der Waals surface area contributed by atoms with Crippen LogP contribution < -0.4 is 10.2 Å². The van der Waals surface area contributed by atoms with Crippen molar-refractivity contribution < 1.29 is 5.32 Å². The number of rotatable bonds is 1. The van der Waals surface area contributed by atoms with E-state index in [9.17, 15) is 0 Å². The lowest BCUT2D eigenvalue weighted by Gasteiger charge is -2.27. The van der Waals surface area contributed by atoms with Gasteiger partial charge in [-0.25, -0.2) is 0 Å². The number of piperazine rings is 1. The minimum atomic E-state index is 1.18. The van der Waals surface area contributed by atoms with Gasteiger partial charge in [-0.3, -0.25) is 0 Å². The van der Waals surface area contributed by atoms with E-state index in [0.29, 0.717) is 0 Å². The highest BCUT2D eigenvalue weighted by Gasteiger charge is 2.12. The van der Waals surface area contributed by atoms with E-state index in [1.807, 2.05) is 0 Å². The summed E-state index contributed by atoms with van der Waals surface area (Å²) in [5.74, 6) is 0. The molecule has 0 saturated carbocycles. The van der Waals surface area contributed by atoms with Crippen molar-refractivity contribution in [3.8, 4) is 0 Å². The van der Waals surface area contributed by atoms with Gasteiger partial charge in [-0.15, -0.1) is 0 Å². The van der Waals surface area contributed by atoms with Gasteiger partial charge in [-0.05, 0) is 37.1 Å². The Hall–Kier alpha value is -1.02. The quantitative estimate of drug-likeness (QED) is 0.692. The molecule has 1 fully saturated rings. The van der Waals surface area contributed by atoms with Gasteiger partial charge >= 0.3 is 0 Å². The third kappa shape index (κ3) is 1.90. The molecule has 0 spiro atoms. The molecule has 1 heterocycles. The van der Waals surface area contributed by atoms with Crippen molar-refractivity contribution in [1.29, 1.82) is 0 Å². The lowest BCUT2D eigenvalue weighted by molar-refractivity contribution is -0.655. The molecule has 2 nitrogen and oxygen atoms in total. The SMILES string of the molecule is Cc1ccc(N2CC[NH2+]CC2)cc1C. The molecule has 2 N–H and O–H groups in total. The second-order valence-corrected chi connectivity index (χ2v) is 4.12. The van der Waals surface area contributed by atoms with Gasteiger partial charge in [0.1, 0.15) is 0 Å². The number of hydrogen-bond acceptors (Lipinski definition) is 1. The molecule has 76 valence electrons. The van der Waals surface area contributed by atoms with Crippen LogP contribution in [0.15, 0.2) is 18.2 Å². The average Bonchev–Trinajstić information content (AvgIpc) is 2.23. The Balaban J connectivity index is 2.18. The van der Waals surface area contributed by atoms with Crippen molar-refractivity contribution in [3.05, 3.63) is 29.3 Å². The molecule has 0 aliphatic carbocycles. The molecule has 1 aliphatic rings. The topological polar surface area (TPSA) is 19.9 Å². The number of quaternary nitrogens is 1. The van der Waals surface area contributed by atoms with Gasteiger partial charge in [-0.2, -0.15) is 0 Å². The highest BCUT2D eigenvalue weighted by atomic mass is 15.2. The molecule has 14 heavy (non-hydrogen) atoms. The van der Waals surface area contributed by atoms with E-state index in [1.165, 1.54) is 43.0 Å². The molecule has 1 saturated heterocycles. The number of aryl methyl sites for hydroxylation is 2. The molecule has 2 heteroatoms. The average molecular weight is 191 g/mol. The fourth-order valence-electron chi connectivity index (χ4n) is 1.93. The van der Waals surface area contributed by atoms with Crippen LogP contribution in [0.25, 0.3) is 0 Å². The standard InChI is InChI=1S/C12H18N2/c1-10-3-4-12(9-11(10)2)14-7-5-13-6-8-14/h3-4,9,13H,5-8H2,1-2H3/p+1. The summed E-state index contributed by atoms with van der Waals surface area (Å²) < 4.78 is 0. The second-order valence-electron chi connectivity index (χ2n) is 4.12. The maximum Gasteiger partial charge on any atom is 0.0934 e. The van der Waals surface area contributed by atoms with Crippen LogP contribution in [0.2, 0.25) is 0 Å². The van der Waals surface area contributed by atoms with Crippen molar-refractivity contribution in [2.24, 2.45) is 0 Å². The zero-order valence-electron chi connectivity index (χ0n) is 9.09. The van der Waals surface area contributed by atoms with Crippen LogP contribution in [0.1, 0.15) is 11.1 Å². The monoisotopic (exact) mass is 191 g/mol. The first-order chi connectivity index (χ1) is 6.77. The first kappa shape index (κ1) is 9.53. The molecular weight excluding hydrogens is 172 g/mol. The molecule has 0 unspecified atom stereocenters. The Labute approximate surface area is 85.9 Å². The van der Waals surface area contributed by atoms with Gasteiger partial charge in [0, 0.05) is 5.69 Å². The number of nitrogens with two attached hydrogens (primary N) is 1. The van der Waals surface area contributed by atoms with Crippen LogP contribution in [0.5, 0.6) is 0 Å². The van der Waals surface area contributed by atoms with E-state index in [0.717, 1.165) is 0 Å². The van der Waals surface area contributed by atoms with Crippen molar-refractivity contribution in [1.82, 2.24) is 0 Å². The number of anilines is 1. The van der Waals surface area contributed by atoms with Crippen LogP contribution in [-0.4, -0.2) is 26.2 Å². The molecule has 0 bridgehead atoms. The van der Waals surface area contributed by atoms with Crippen LogP contribution in [0, 0.1) is 13.8 Å². The Kier molecular flexibility index (Phi) is 2.73. The zero-order valence-corrected chi connectivity index (χ0v) is 9.09. The largest absolute Gasteiger partial charge is 0.360 e. The van der Waals surface area contributed by atoms with Crippen molar-refractivity contribution >= 4 is 5.69 Å². The third-order valence-electron chi connectivity index (χ3n) is 3.06. The molecule has 0 atom stereocenters. The van der Waals surface area contributed by atoms with Gasteiger partial charge in [0.15, 0.2) is 0 Å². The molecule has 1 aliphatic heterocycles. The minimum absolute atomic E-state index is 1.18. The van der Waals surface area contributed by atoms with Crippen molar-refractivity contribution in [3.63, 3.8) is 0 Å². The summed E-state index contributed by atoms with van der Waals surface area (Å²) >= 11 is 0. The zero-order chi connectivity index (χ0) is 9.97. The molecule has 1 aromatic carbocycles. The fourth-order valence-corrected chi connectivity index (χ4v) is 1.93. The highest BCUT2D eigenvalue weighted by Crippen LogP contribution is 2.18. The van der Waals surface area contributed by atoms with Gasteiger partial charge < -0.3 is 10.2 Å². The van der Waals surface area contributed by atoms with E-state index in [4.69, 9.17) is 0 Å². The number of hydrogen-bond donors (Lipinski definition) is 1. The Morgan fingerprint density at radius 1 is 1.07 bits per heavy atom. The van der Waals surface area contributed by atoms with Gasteiger partial charge in [0.25, 0.3) is 0 Å². The van der Waals surface area contributed by atoms with Crippen LogP contribution in [0.3, 0.4) is 0 Å². The second kappa shape index (κ2) is 4.01. The maximum absolute atomic E-state index is 2.48. The molecule has 2 rings (SSSR count). The maximum atomic E-state index is 2.48. The summed E-state index contributed by atoms with van der Waals surface area (Å²) in [5, 5.41) is 2.39. The van der Waals surface area contributed by atoms with E-state index in [-0.39, 0.29) is 0 Å². The van der Waals surface area contributed by atoms with Crippen molar-refractivity contribution in [2.75, 3.05) is 31.1 Å². The van der Waals surface area contributed by atoms with Crippen LogP contribution >= 0.6 is 0 Å². The molecule has 0 aromatic heterocycles. The summed E-state index contributed by atoms with van der Waals surface area (Å²) in [7, 11) is 0. The Morgan fingerprint density at radius 3 is 2.43 bits per heavy atom. The molecule has 1 aromatic rings. The van der Waals surface area contributed by atoms with Gasteiger partial charge in [0.05, 0.1) is 26.2 Å². The first-order valence-electron chi connectivity index (χ1n) is 5.41. The van der Waals surface area contributed by atoms with E-state index >= 15 is 0 Å². The predicted molar refractivity (Wildman–Crippen MR) is 59.8 cm³/mol. The minimum Gasteiger partial charge on any atom is -0.360 e. The lowest BCUT2D eigenvalue weighted by atomic mass is 10.1. The number of nitrogens with zero attached hydrogens (tertiary/aromatic N) is 1. The molecule has 0 amide bonds. The van der Waals surface area contributed by atoms with Gasteiger partial charge in [0.2, 0.25) is 0 Å². The van der Waals surface area contributed by atoms with E-state index in [1.54, 1.807) is 0 Å². The summed E-state index contributed by atoms with van der Waals surface area (Å²) in [4.78, 5) is 2.48. The van der Waals surface area contributed by atoms with Crippen LogP contribution in [0.4, 0.5) is 5.69 Å². The summed E-state index contributed by atoms with van der Waals surface area (Å²) in [6.45, 7) is 9.18. The molecule has 0 radical (unpaired) electrons. The fraction of sp³-hybridized carbons (Fsp3) is 0.500.